The fourth-order valence-corrected chi connectivity index (χ4v) is 3.93. The summed E-state index contributed by atoms with van der Waals surface area (Å²) < 4.78 is 0. The van der Waals surface area contributed by atoms with Gasteiger partial charge in [-0.2, -0.15) is 0 Å². The van der Waals surface area contributed by atoms with Crippen LogP contribution in [0, 0.1) is 0 Å². The number of hydrogen-bond acceptors (Lipinski definition) is 5. The van der Waals surface area contributed by atoms with Crippen molar-refractivity contribution in [1.82, 2.24) is 10.3 Å². The molecule has 3 aromatic heterocycles. The van der Waals surface area contributed by atoms with E-state index >= 15 is 0 Å². The van der Waals surface area contributed by atoms with Crippen LogP contribution in [0.3, 0.4) is 0 Å². The molecule has 0 aliphatic rings. The van der Waals surface area contributed by atoms with Crippen molar-refractivity contribution in [2.75, 3.05) is 5.73 Å². The highest BCUT2D eigenvalue weighted by atomic mass is 32.1. The van der Waals surface area contributed by atoms with Gasteiger partial charge in [0, 0.05) is 16.0 Å². The fourth-order valence-electron chi connectivity index (χ4n) is 2.26. The van der Waals surface area contributed by atoms with Crippen molar-refractivity contribution >= 4 is 44.5 Å². The van der Waals surface area contributed by atoms with Crippen LogP contribution in [-0.4, -0.2) is 10.9 Å². The average molecular weight is 331 g/mol. The number of nitrogens with one attached hydrogen (secondary N) is 1. The number of amides is 1. The lowest BCUT2D eigenvalue weighted by atomic mass is 10.2. The average Bonchev–Trinajstić information content (AvgIpc) is 3.13. The Morgan fingerprint density at radius 1 is 1.36 bits per heavy atom. The molecule has 0 radical (unpaired) electrons. The Labute approximate surface area is 137 Å². The maximum absolute atomic E-state index is 12.3. The monoisotopic (exact) mass is 331 g/mol. The van der Waals surface area contributed by atoms with E-state index in [-0.39, 0.29) is 5.91 Å². The number of pyridine rings is 1. The second-order valence-electron chi connectivity index (χ2n) is 5.01. The lowest BCUT2D eigenvalue weighted by Crippen LogP contribution is -2.22. The van der Waals surface area contributed by atoms with Gasteiger partial charge in [-0.25, -0.2) is 4.98 Å². The number of anilines is 1. The lowest BCUT2D eigenvalue weighted by molar-refractivity contribution is 0.0956. The molecule has 0 saturated carbocycles. The molecular weight excluding hydrogens is 314 g/mol. The van der Waals surface area contributed by atoms with Gasteiger partial charge in [-0.1, -0.05) is 19.4 Å². The number of thiophene rings is 2. The third kappa shape index (κ3) is 2.98. The highest BCUT2D eigenvalue weighted by molar-refractivity contribution is 7.21. The van der Waals surface area contributed by atoms with E-state index in [0.29, 0.717) is 17.1 Å². The summed E-state index contributed by atoms with van der Waals surface area (Å²) in [5.41, 5.74) is 7.70. The van der Waals surface area contributed by atoms with Gasteiger partial charge in [0.25, 0.3) is 5.91 Å². The highest BCUT2D eigenvalue weighted by Crippen LogP contribution is 2.32. The van der Waals surface area contributed by atoms with Crippen LogP contribution in [-0.2, 0) is 13.0 Å². The number of carbonyl (C=O) groups is 1. The van der Waals surface area contributed by atoms with Gasteiger partial charge in [-0.15, -0.1) is 22.7 Å². The van der Waals surface area contributed by atoms with Gasteiger partial charge < -0.3 is 11.1 Å². The molecule has 0 aromatic carbocycles. The Kier molecular flexibility index (Phi) is 4.40. The molecule has 4 nitrogen and oxygen atoms in total. The number of nitrogen functional groups attached to an aromatic ring is 1. The number of hydrogen-bond donors (Lipinski definition) is 2. The molecule has 3 aromatic rings. The molecule has 22 heavy (non-hydrogen) atoms. The first-order chi connectivity index (χ1) is 10.7. The molecule has 1 amide bonds. The minimum atomic E-state index is -0.133. The number of carbonyl (C=O) groups excluding carboxylic acids is 1. The molecule has 0 unspecified atom stereocenters. The Balaban J connectivity index is 1.83. The SMILES string of the molecule is CCCc1ccc2c(N)c(C(=O)NCc3cccs3)sc2n1. The molecule has 3 rings (SSSR count). The molecule has 0 atom stereocenters. The van der Waals surface area contributed by atoms with Gasteiger partial charge in [0.05, 0.1) is 12.2 Å². The summed E-state index contributed by atoms with van der Waals surface area (Å²) in [5, 5.41) is 5.78. The van der Waals surface area contributed by atoms with Crippen LogP contribution < -0.4 is 11.1 Å². The molecule has 0 saturated heterocycles. The summed E-state index contributed by atoms with van der Waals surface area (Å²) in [4.78, 5) is 19.4. The minimum absolute atomic E-state index is 0.133. The summed E-state index contributed by atoms with van der Waals surface area (Å²) >= 11 is 2.99. The van der Waals surface area contributed by atoms with Crippen molar-refractivity contribution in [2.45, 2.75) is 26.3 Å². The zero-order valence-electron chi connectivity index (χ0n) is 12.3. The summed E-state index contributed by atoms with van der Waals surface area (Å²) in [6.45, 7) is 2.65. The quantitative estimate of drug-likeness (QED) is 0.747. The summed E-state index contributed by atoms with van der Waals surface area (Å²) in [6.07, 6.45) is 1.99. The molecule has 114 valence electrons. The normalized spacial score (nSPS) is 11.0. The second-order valence-corrected chi connectivity index (χ2v) is 7.04. The van der Waals surface area contributed by atoms with Gasteiger partial charge in [0.15, 0.2) is 0 Å². The number of nitrogens with two attached hydrogens (primary N) is 1. The number of aryl methyl sites for hydroxylation is 1. The highest BCUT2D eigenvalue weighted by Gasteiger charge is 2.17. The van der Waals surface area contributed by atoms with Gasteiger partial charge in [0.1, 0.15) is 9.71 Å². The van der Waals surface area contributed by atoms with Crippen molar-refractivity contribution in [3.8, 4) is 0 Å². The number of nitrogens with zero attached hydrogens (tertiary/aromatic N) is 1. The molecule has 0 aliphatic heterocycles. The van der Waals surface area contributed by atoms with Crippen molar-refractivity contribution in [3.05, 3.63) is 45.1 Å². The van der Waals surface area contributed by atoms with Gasteiger partial charge in [-0.05, 0) is 30.0 Å². The van der Waals surface area contributed by atoms with E-state index in [4.69, 9.17) is 5.73 Å². The smallest absolute Gasteiger partial charge is 0.263 e. The van der Waals surface area contributed by atoms with Crippen LogP contribution >= 0.6 is 22.7 Å². The molecule has 3 heterocycles. The van der Waals surface area contributed by atoms with Crippen molar-refractivity contribution in [2.24, 2.45) is 0 Å². The summed E-state index contributed by atoms with van der Waals surface area (Å²) in [7, 11) is 0. The third-order valence-corrected chi connectivity index (χ3v) is 5.36. The zero-order chi connectivity index (χ0) is 15.5. The Morgan fingerprint density at radius 3 is 2.95 bits per heavy atom. The predicted octanol–water partition coefficient (Wildman–Crippen LogP) is 3.82. The van der Waals surface area contributed by atoms with E-state index in [1.807, 2.05) is 29.6 Å². The fraction of sp³-hybridized carbons (Fsp3) is 0.250. The van der Waals surface area contributed by atoms with E-state index in [9.17, 15) is 4.79 Å². The van der Waals surface area contributed by atoms with Crippen molar-refractivity contribution in [1.29, 1.82) is 0 Å². The Morgan fingerprint density at radius 2 is 2.23 bits per heavy atom. The van der Waals surface area contributed by atoms with Crippen LogP contribution in [0.15, 0.2) is 29.6 Å². The number of rotatable bonds is 5. The van der Waals surface area contributed by atoms with Crippen LogP contribution in [0.1, 0.15) is 33.6 Å². The third-order valence-electron chi connectivity index (χ3n) is 3.37. The van der Waals surface area contributed by atoms with E-state index in [1.54, 1.807) is 11.3 Å². The van der Waals surface area contributed by atoms with Gasteiger partial charge >= 0.3 is 0 Å². The van der Waals surface area contributed by atoms with Crippen LogP contribution in [0.25, 0.3) is 10.2 Å². The molecular formula is C16H17N3OS2. The topological polar surface area (TPSA) is 68.0 Å². The maximum Gasteiger partial charge on any atom is 0.263 e. The Hall–Kier alpha value is -1.92. The molecule has 0 aliphatic carbocycles. The van der Waals surface area contributed by atoms with Crippen LogP contribution in [0.2, 0.25) is 0 Å². The van der Waals surface area contributed by atoms with Crippen LogP contribution in [0.4, 0.5) is 5.69 Å². The molecule has 6 heteroatoms. The maximum atomic E-state index is 12.3. The van der Waals surface area contributed by atoms with Crippen LogP contribution in [0.5, 0.6) is 0 Å². The zero-order valence-corrected chi connectivity index (χ0v) is 13.9. The van der Waals surface area contributed by atoms with E-state index in [0.717, 1.165) is 33.6 Å². The molecule has 3 N–H and O–H groups in total. The largest absolute Gasteiger partial charge is 0.397 e. The molecule has 0 spiro atoms. The molecule has 0 bridgehead atoms. The van der Waals surface area contributed by atoms with E-state index < -0.39 is 0 Å². The standard InChI is InChI=1S/C16H17N3OS2/c1-2-4-10-6-7-12-13(17)14(22-16(12)19-10)15(20)18-9-11-5-3-8-21-11/h3,5-8H,2,4,9,17H2,1H3,(H,18,20). The van der Waals surface area contributed by atoms with Gasteiger partial charge in [-0.3, -0.25) is 4.79 Å². The Bertz CT molecular complexity index is 793. The summed E-state index contributed by atoms with van der Waals surface area (Å²) in [6, 6.07) is 7.92. The number of aromatic nitrogens is 1. The second kappa shape index (κ2) is 6.46. The number of fused-ring (bicyclic) bond motifs is 1. The first-order valence-corrected chi connectivity index (χ1v) is 8.87. The summed E-state index contributed by atoms with van der Waals surface area (Å²) in [5.74, 6) is -0.133. The van der Waals surface area contributed by atoms with E-state index in [1.165, 1.54) is 11.3 Å². The first kappa shape index (κ1) is 15.0. The van der Waals surface area contributed by atoms with Crippen molar-refractivity contribution in [3.63, 3.8) is 0 Å². The molecule has 0 fully saturated rings. The van der Waals surface area contributed by atoms with E-state index in [2.05, 4.69) is 17.2 Å². The van der Waals surface area contributed by atoms with Crippen molar-refractivity contribution < 1.29 is 4.79 Å². The lowest BCUT2D eigenvalue weighted by Gasteiger charge is -2.02. The van der Waals surface area contributed by atoms with Gasteiger partial charge in [0.2, 0.25) is 0 Å². The first-order valence-electron chi connectivity index (χ1n) is 7.17. The minimum Gasteiger partial charge on any atom is -0.397 e. The predicted molar refractivity (Wildman–Crippen MR) is 93.5 cm³/mol.